The van der Waals surface area contributed by atoms with Gasteiger partial charge in [-0.2, -0.15) is 0 Å². The molecule has 0 atom stereocenters. The summed E-state index contributed by atoms with van der Waals surface area (Å²) in [5.41, 5.74) is 1.58. The lowest BCUT2D eigenvalue weighted by atomic mass is 9.96. The lowest BCUT2D eigenvalue weighted by Crippen LogP contribution is -2.36. The molecule has 0 aromatic carbocycles. The third kappa shape index (κ3) is 3.61. The normalized spacial score (nSPS) is 15.2. The monoisotopic (exact) mass is 348 g/mol. The van der Waals surface area contributed by atoms with E-state index >= 15 is 0 Å². The SMILES string of the molecule is O=c1cc(-c2ccncc2)ncn1CC1CCN(c2ccncn2)CC1. The van der Waals surface area contributed by atoms with E-state index in [1.807, 2.05) is 18.2 Å². The zero-order chi connectivity index (χ0) is 17.8. The third-order valence-corrected chi connectivity index (χ3v) is 4.82. The van der Waals surface area contributed by atoms with E-state index in [1.165, 1.54) is 0 Å². The van der Waals surface area contributed by atoms with Crippen LogP contribution in [0.1, 0.15) is 12.8 Å². The van der Waals surface area contributed by atoms with Crippen molar-refractivity contribution >= 4 is 5.82 Å². The smallest absolute Gasteiger partial charge is 0.253 e. The topological polar surface area (TPSA) is 76.8 Å². The maximum Gasteiger partial charge on any atom is 0.253 e. The Morgan fingerprint density at radius 2 is 1.77 bits per heavy atom. The summed E-state index contributed by atoms with van der Waals surface area (Å²) in [6, 6.07) is 7.25. The fourth-order valence-electron chi connectivity index (χ4n) is 3.34. The average molecular weight is 348 g/mol. The first-order valence-electron chi connectivity index (χ1n) is 8.77. The molecule has 4 rings (SSSR count). The van der Waals surface area contributed by atoms with E-state index in [4.69, 9.17) is 0 Å². The van der Waals surface area contributed by atoms with Gasteiger partial charge in [-0.1, -0.05) is 0 Å². The van der Waals surface area contributed by atoms with Crippen LogP contribution in [0.3, 0.4) is 0 Å². The highest BCUT2D eigenvalue weighted by Crippen LogP contribution is 2.22. The Morgan fingerprint density at radius 3 is 2.46 bits per heavy atom. The first kappa shape index (κ1) is 16.4. The van der Waals surface area contributed by atoms with Crippen molar-refractivity contribution < 1.29 is 0 Å². The molecular weight excluding hydrogens is 328 g/mol. The zero-order valence-corrected chi connectivity index (χ0v) is 14.4. The van der Waals surface area contributed by atoms with Gasteiger partial charge in [0, 0.05) is 49.9 Å². The maximum absolute atomic E-state index is 12.5. The van der Waals surface area contributed by atoms with Crippen LogP contribution >= 0.6 is 0 Å². The van der Waals surface area contributed by atoms with Gasteiger partial charge in [-0.15, -0.1) is 0 Å². The average Bonchev–Trinajstić information content (AvgIpc) is 2.71. The third-order valence-electron chi connectivity index (χ3n) is 4.82. The van der Waals surface area contributed by atoms with Crippen LogP contribution in [-0.4, -0.2) is 37.6 Å². The Balaban J connectivity index is 1.40. The zero-order valence-electron chi connectivity index (χ0n) is 14.4. The maximum atomic E-state index is 12.5. The predicted octanol–water partition coefficient (Wildman–Crippen LogP) is 2.01. The Hall–Kier alpha value is -3.09. The van der Waals surface area contributed by atoms with Crippen LogP contribution in [0.25, 0.3) is 11.3 Å². The number of aromatic nitrogens is 5. The molecule has 3 aromatic rings. The largest absolute Gasteiger partial charge is 0.357 e. The van der Waals surface area contributed by atoms with E-state index in [9.17, 15) is 4.79 Å². The number of pyridine rings is 1. The minimum absolute atomic E-state index is 0.00922. The molecule has 1 aliphatic rings. The Kier molecular flexibility index (Phi) is 4.68. The quantitative estimate of drug-likeness (QED) is 0.718. The molecule has 132 valence electrons. The van der Waals surface area contributed by atoms with Crippen molar-refractivity contribution in [3.05, 3.63) is 65.9 Å². The van der Waals surface area contributed by atoms with E-state index in [0.717, 1.165) is 37.3 Å². The van der Waals surface area contributed by atoms with Gasteiger partial charge in [0.1, 0.15) is 12.1 Å². The van der Waals surface area contributed by atoms with Crippen molar-refractivity contribution in [1.29, 1.82) is 0 Å². The molecule has 1 fully saturated rings. The van der Waals surface area contributed by atoms with E-state index in [2.05, 4.69) is 24.8 Å². The van der Waals surface area contributed by atoms with Crippen LogP contribution in [0.5, 0.6) is 0 Å². The highest BCUT2D eigenvalue weighted by Gasteiger charge is 2.20. The summed E-state index contributed by atoms with van der Waals surface area (Å²) in [5, 5.41) is 0. The lowest BCUT2D eigenvalue weighted by Gasteiger charge is -2.32. The van der Waals surface area contributed by atoms with Crippen LogP contribution in [0.15, 0.2) is 60.3 Å². The molecule has 0 spiro atoms. The van der Waals surface area contributed by atoms with Gasteiger partial charge < -0.3 is 4.90 Å². The van der Waals surface area contributed by atoms with Crippen molar-refractivity contribution in [3.63, 3.8) is 0 Å². The fraction of sp³-hybridized carbons (Fsp3) is 0.316. The van der Waals surface area contributed by atoms with Gasteiger partial charge in [0.25, 0.3) is 5.56 Å². The first-order valence-corrected chi connectivity index (χ1v) is 8.77. The summed E-state index contributed by atoms with van der Waals surface area (Å²) in [6.07, 6.45) is 10.5. The molecule has 7 heteroatoms. The van der Waals surface area contributed by atoms with Gasteiger partial charge in [0.2, 0.25) is 0 Å². The highest BCUT2D eigenvalue weighted by molar-refractivity contribution is 5.57. The van der Waals surface area contributed by atoms with Crippen LogP contribution < -0.4 is 10.5 Å². The van der Waals surface area contributed by atoms with E-state index in [1.54, 1.807) is 41.9 Å². The molecule has 0 saturated carbocycles. The van der Waals surface area contributed by atoms with Crippen LogP contribution in [0, 0.1) is 5.92 Å². The molecule has 0 amide bonds. The van der Waals surface area contributed by atoms with Crippen molar-refractivity contribution in [3.8, 4) is 11.3 Å². The van der Waals surface area contributed by atoms with E-state index in [0.29, 0.717) is 18.2 Å². The number of nitrogens with zero attached hydrogens (tertiary/aromatic N) is 6. The number of hydrogen-bond donors (Lipinski definition) is 0. The Morgan fingerprint density at radius 1 is 1.00 bits per heavy atom. The van der Waals surface area contributed by atoms with E-state index in [-0.39, 0.29) is 5.56 Å². The second-order valence-electron chi connectivity index (χ2n) is 6.50. The van der Waals surface area contributed by atoms with Gasteiger partial charge in [-0.3, -0.25) is 14.3 Å². The second kappa shape index (κ2) is 7.43. The molecule has 1 aliphatic heterocycles. The Bertz CT molecular complexity index is 904. The molecule has 0 N–H and O–H groups in total. The van der Waals surface area contributed by atoms with Crippen molar-refractivity contribution in [2.24, 2.45) is 5.92 Å². The van der Waals surface area contributed by atoms with Crippen molar-refractivity contribution in [1.82, 2.24) is 24.5 Å². The highest BCUT2D eigenvalue weighted by atomic mass is 16.1. The van der Waals surface area contributed by atoms with E-state index < -0.39 is 0 Å². The second-order valence-corrected chi connectivity index (χ2v) is 6.50. The predicted molar refractivity (Wildman–Crippen MR) is 98.7 cm³/mol. The summed E-state index contributed by atoms with van der Waals surface area (Å²) in [5.74, 6) is 1.44. The summed E-state index contributed by atoms with van der Waals surface area (Å²) in [6.45, 7) is 2.60. The first-order chi connectivity index (χ1) is 12.8. The minimum Gasteiger partial charge on any atom is -0.357 e. The fourth-order valence-corrected chi connectivity index (χ4v) is 3.34. The molecule has 1 saturated heterocycles. The van der Waals surface area contributed by atoms with Crippen LogP contribution in [-0.2, 0) is 6.54 Å². The van der Waals surface area contributed by atoms with Gasteiger partial charge >= 0.3 is 0 Å². The number of piperidine rings is 1. The number of hydrogen-bond acceptors (Lipinski definition) is 6. The van der Waals surface area contributed by atoms with Crippen LogP contribution in [0.4, 0.5) is 5.82 Å². The standard InChI is InChI=1S/C19H20N6O/c26-19-11-17(16-1-6-20-7-2-16)23-14-25(19)12-15-4-9-24(10-5-15)18-3-8-21-13-22-18/h1-3,6-8,11,13-15H,4-5,9-10,12H2. The molecule has 4 heterocycles. The van der Waals surface area contributed by atoms with Gasteiger partial charge in [0.05, 0.1) is 12.0 Å². The molecule has 0 bridgehead atoms. The molecule has 0 unspecified atom stereocenters. The molecule has 26 heavy (non-hydrogen) atoms. The van der Waals surface area contributed by atoms with Gasteiger partial charge in [0.15, 0.2) is 0 Å². The molecule has 7 nitrogen and oxygen atoms in total. The Labute approximate surface area is 151 Å². The molecule has 0 radical (unpaired) electrons. The summed E-state index contributed by atoms with van der Waals surface area (Å²) < 4.78 is 1.72. The van der Waals surface area contributed by atoms with Gasteiger partial charge in [-0.25, -0.2) is 15.0 Å². The number of rotatable bonds is 4. The summed E-state index contributed by atoms with van der Waals surface area (Å²) in [4.78, 5) is 31.4. The van der Waals surface area contributed by atoms with Crippen LogP contribution in [0.2, 0.25) is 0 Å². The summed E-state index contributed by atoms with van der Waals surface area (Å²) >= 11 is 0. The molecular formula is C19H20N6O. The van der Waals surface area contributed by atoms with Crippen molar-refractivity contribution in [2.75, 3.05) is 18.0 Å². The van der Waals surface area contributed by atoms with Gasteiger partial charge in [-0.05, 0) is 37.0 Å². The minimum atomic E-state index is -0.00922. The van der Waals surface area contributed by atoms with Crippen molar-refractivity contribution in [2.45, 2.75) is 19.4 Å². The lowest BCUT2D eigenvalue weighted by molar-refractivity contribution is 0.350. The molecule has 0 aliphatic carbocycles. The molecule has 3 aromatic heterocycles. The summed E-state index contributed by atoms with van der Waals surface area (Å²) in [7, 11) is 0. The number of anilines is 1.